The van der Waals surface area contributed by atoms with Crippen LogP contribution in [0.4, 0.5) is 26.3 Å². The van der Waals surface area contributed by atoms with Crippen LogP contribution in [0.3, 0.4) is 0 Å². The SMILES string of the molecule is FC(F)(F)c1cc(-c2ccc(C3COC(c4c(Cl)cncc4Cl)=N3)cc2)cc(C(F)(F)F)c1. The number of aliphatic imine (C=N–C) groups is 1. The van der Waals surface area contributed by atoms with Gasteiger partial charge in [0, 0.05) is 12.4 Å². The van der Waals surface area contributed by atoms with Gasteiger partial charge in [0.05, 0.1) is 26.7 Å². The molecule has 4 rings (SSSR count). The molecule has 33 heavy (non-hydrogen) atoms. The van der Waals surface area contributed by atoms with Crippen LogP contribution >= 0.6 is 23.2 Å². The molecular weight excluding hydrogens is 493 g/mol. The van der Waals surface area contributed by atoms with Gasteiger partial charge in [-0.15, -0.1) is 0 Å². The lowest BCUT2D eigenvalue weighted by Crippen LogP contribution is -2.11. The number of halogens is 8. The summed E-state index contributed by atoms with van der Waals surface area (Å²) in [7, 11) is 0. The molecule has 0 N–H and O–H groups in total. The Morgan fingerprint density at radius 2 is 1.33 bits per heavy atom. The first-order valence-electron chi connectivity index (χ1n) is 9.33. The monoisotopic (exact) mass is 504 g/mol. The van der Waals surface area contributed by atoms with Crippen molar-refractivity contribution >= 4 is 29.1 Å². The molecule has 0 saturated carbocycles. The van der Waals surface area contributed by atoms with Crippen molar-refractivity contribution < 1.29 is 31.1 Å². The van der Waals surface area contributed by atoms with Crippen LogP contribution in [0.5, 0.6) is 0 Å². The van der Waals surface area contributed by atoms with Crippen LogP contribution < -0.4 is 0 Å². The molecule has 1 unspecified atom stereocenters. The Balaban J connectivity index is 1.65. The van der Waals surface area contributed by atoms with Crippen molar-refractivity contribution in [2.24, 2.45) is 4.99 Å². The summed E-state index contributed by atoms with van der Waals surface area (Å²) in [5, 5.41) is 0.504. The Labute approximate surface area is 193 Å². The summed E-state index contributed by atoms with van der Waals surface area (Å²) in [6.45, 7) is 0.158. The molecule has 0 fully saturated rings. The molecule has 1 aliphatic heterocycles. The normalized spacial score (nSPS) is 16.5. The number of aromatic nitrogens is 1. The summed E-state index contributed by atoms with van der Waals surface area (Å²) in [5.74, 6) is 0.217. The second-order valence-corrected chi connectivity index (χ2v) is 7.97. The number of benzene rings is 2. The smallest absolute Gasteiger partial charge is 0.416 e. The van der Waals surface area contributed by atoms with Crippen molar-refractivity contribution in [2.75, 3.05) is 6.61 Å². The van der Waals surface area contributed by atoms with Crippen molar-refractivity contribution in [3.8, 4) is 11.1 Å². The minimum Gasteiger partial charge on any atom is -0.475 e. The lowest BCUT2D eigenvalue weighted by atomic mass is 9.97. The van der Waals surface area contributed by atoms with Gasteiger partial charge in [-0.1, -0.05) is 47.5 Å². The lowest BCUT2D eigenvalue weighted by Gasteiger charge is -2.15. The van der Waals surface area contributed by atoms with Gasteiger partial charge >= 0.3 is 12.4 Å². The van der Waals surface area contributed by atoms with Gasteiger partial charge in [-0.2, -0.15) is 26.3 Å². The van der Waals surface area contributed by atoms with Gasteiger partial charge in [-0.25, -0.2) is 4.99 Å². The number of alkyl halides is 6. The first-order chi connectivity index (χ1) is 15.4. The number of pyridine rings is 1. The predicted molar refractivity (Wildman–Crippen MR) is 111 cm³/mol. The summed E-state index contributed by atoms with van der Waals surface area (Å²) in [4.78, 5) is 8.30. The molecule has 172 valence electrons. The Morgan fingerprint density at radius 3 is 1.85 bits per heavy atom. The Morgan fingerprint density at radius 1 is 0.788 bits per heavy atom. The van der Waals surface area contributed by atoms with Crippen LogP contribution in [0.25, 0.3) is 11.1 Å². The molecule has 1 atom stereocenters. The summed E-state index contributed by atoms with van der Waals surface area (Å²) >= 11 is 12.2. The first-order valence-corrected chi connectivity index (χ1v) is 10.1. The van der Waals surface area contributed by atoms with Gasteiger partial charge in [0.1, 0.15) is 12.6 Å². The van der Waals surface area contributed by atoms with Crippen LogP contribution in [0, 0.1) is 0 Å². The van der Waals surface area contributed by atoms with E-state index in [2.05, 4.69) is 9.98 Å². The number of ether oxygens (including phenoxy) is 1. The zero-order valence-electron chi connectivity index (χ0n) is 16.3. The quantitative estimate of drug-likeness (QED) is 0.344. The van der Waals surface area contributed by atoms with Crippen LogP contribution in [0.15, 0.2) is 59.9 Å². The van der Waals surface area contributed by atoms with E-state index in [1.807, 2.05) is 0 Å². The fourth-order valence-corrected chi connectivity index (χ4v) is 3.84. The first kappa shape index (κ1) is 23.4. The van der Waals surface area contributed by atoms with Crippen molar-refractivity contribution in [2.45, 2.75) is 18.4 Å². The van der Waals surface area contributed by atoms with Crippen molar-refractivity contribution in [1.29, 1.82) is 0 Å². The maximum Gasteiger partial charge on any atom is 0.416 e. The minimum atomic E-state index is -4.92. The molecule has 3 aromatic rings. The number of rotatable bonds is 3. The molecule has 0 amide bonds. The average Bonchev–Trinajstić information content (AvgIpc) is 3.22. The van der Waals surface area contributed by atoms with Crippen LogP contribution in [-0.4, -0.2) is 17.5 Å². The number of nitrogens with zero attached hydrogens (tertiary/aromatic N) is 2. The molecule has 1 aliphatic rings. The highest BCUT2D eigenvalue weighted by Crippen LogP contribution is 2.39. The standard InChI is InChI=1S/C22H12Cl2F6N2O/c23-16-8-31-9-17(24)19(16)20-32-18(10-33-20)12-3-1-11(2-4-12)13-5-14(21(25,26)27)7-15(6-13)22(28,29)30/h1-9,18H,10H2. The Bertz CT molecular complexity index is 1170. The third-order valence-electron chi connectivity index (χ3n) is 4.93. The molecule has 0 radical (unpaired) electrons. The van der Waals surface area contributed by atoms with E-state index in [9.17, 15) is 26.3 Å². The molecule has 1 aromatic heterocycles. The zero-order chi connectivity index (χ0) is 24.0. The van der Waals surface area contributed by atoms with E-state index in [0.717, 1.165) is 0 Å². The van der Waals surface area contributed by atoms with Gasteiger partial charge in [-0.3, -0.25) is 4.98 Å². The summed E-state index contributed by atoms with van der Waals surface area (Å²) in [6, 6.07) is 7.02. The fourth-order valence-electron chi connectivity index (χ4n) is 3.32. The Kier molecular flexibility index (Phi) is 6.05. The number of hydrogen-bond donors (Lipinski definition) is 0. The number of hydrogen-bond acceptors (Lipinski definition) is 3. The predicted octanol–water partition coefficient (Wildman–Crippen LogP) is 7.61. The van der Waals surface area contributed by atoms with Crippen molar-refractivity contribution in [1.82, 2.24) is 4.98 Å². The summed E-state index contributed by atoms with van der Waals surface area (Å²) < 4.78 is 84.4. The molecule has 0 bridgehead atoms. The van der Waals surface area contributed by atoms with Crippen molar-refractivity contribution in [3.63, 3.8) is 0 Å². The highest BCUT2D eigenvalue weighted by molar-refractivity contribution is 6.39. The maximum absolute atomic E-state index is 13.1. The molecule has 0 spiro atoms. The van der Waals surface area contributed by atoms with E-state index in [1.165, 1.54) is 24.5 Å². The highest BCUT2D eigenvalue weighted by Gasteiger charge is 2.37. The maximum atomic E-state index is 13.1. The van der Waals surface area contributed by atoms with E-state index in [1.54, 1.807) is 12.1 Å². The molecule has 2 aromatic carbocycles. The topological polar surface area (TPSA) is 34.5 Å². The molecule has 11 heteroatoms. The van der Waals surface area contributed by atoms with Gasteiger partial charge in [0.2, 0.25) is 5.90 Å². The summed E-state index contributed by atoms with van der Waals surface area (Å²) in [5.41, 5.74) is -1.72. The third-order valence-corrected chi connectivity index (χ3v) is 5.51. The van der Waals surface area contributed by atoms with E-state index in [-0.39, 0.29) is 39.7 Å². The van der Waals surface area contributed by atoms with Gasteiger partial charge in [0.15, 0.2) is 0 Å². The van der Waals surface area contributed by atoms with E-state index >= 15 is 0 Å². The fraction of sp³-hybridized carbons (Fsp3) is 0.182. The van der Waals surface area contributed by atoms with E-state index in [4.69, 9.17) is 27.9 Å². The second-order valence-electron chi connectivity index (χ2n) is 7.16. The molecule has 0 saturated heterocycles. The second kappa shape index (κ2) is 8.53. The van der Waals surface area contributed by atoms with E-state index in [0.29, 0.717) is 23.3 Å². The van der Waals surface area contributed by atoms with E-state index < -0.39 is 29.5 Å². The molecule has 2 heterocycles. The molecular formula is C22H12Cl2F6N2O. The lowest BCUT2D eigenvalue weighted by molar-refractivity contribution is -0.143. The summed E-state index contributed by atoms with van der Waals surface area (Å²) in [6.07, 6.45) is -7.06. The average molecular weight is 505 g/mol. The van der Waals surface area contributed by atoms with Gasteiger partial charge in [-0.05, 0) is 34.9 Å². The van der Waals surface area contributed by atoms with Crippen LogP contribution in [0.2, 0.25) is 10.0 Å². The van der Waals surface area contributed by atoms with Crippen LogP contribution in [-0.2, 0) is 17.1 Å². The largest absolute Gasteiger partial charge is 0.475 e. The highest BCUT2D eigenvalue weighted by atomic mass is 35.5. The minimum absolute atomic E-state index is 0.0966. The van der Waals surface area contributed by atoms with Crippen molar-refractivity contribution in [3.05, 3.63) is 87.2 Å². The molecule has 0 aliphatic carbocycles. The zero-order valence-corrected chi connectivity index (χ0v) is 17.8. The molecule has 3 nitrogen and oxygen atoms in total. The third kappa shape index (κ3) is 4.94. The van der Waals surface area contributed by atoms with Gasteiger partial charge < -0.3 is 4.74 Å². The Hall–Kier alpha value is -2.78. The van der Waals surface area contributed by atoms with Crippen LogP contribution in [0.1, 0.15) is 28.3 Å². The van der Waals surface area contributed by atoms with Gasteiger partial charge in [0.25, 0.3) is 0 Å².